The molecule has 1 aromatic heterocycles. The van der Waals surface area contributed by atoms with Crippen LogP contribution in [0.2, 0.25) is 0 Å². The third-order valence-corrected chi connectivity index (χ3v) is 4.65. The van der Waals surface area contributed by atoms with E-state index in [-0.39, 0.29) is 5.82 Å². The fourth-order valence-electron chi connectivity index (χ4n) is 3.36. The molecule has 0 spiro atoms. The average molecular weight is 357 g/mol. The van der Waals surface area contributed by atoms with Crippen LogP contribution in [0, 0.1) is 17.1 Å². The van der Waals surface area contributed by atoms with Crippen molar-refractivity contribution in [3.63, 3.8) is 0 Å². The van der Waals surface area contributed by atoms with Gasteiger partial charge in [0.1, 0.15) is 23.4 Å². The zero-order valence-corrected chi connectivity index (χ0v) is 15.0. The maximum atomic E-state index is 13.1. The van der Waals surface area contributed by atoms with Crippen LogP contribution in [0.5, 0.6) is 0 Å². The number of piperazine rings is 1. The quantitative estimate of drug-likeness (QED) is 0.804. The lowest BCUT2D eigenvalue weighted by atomic mass is 10.2. The Morgan fingerprint density at radius 3 is 2.42 bits per heavy atom. The number of halogens is 1. The number of nitrogens with two attached hydrogens (primary N) is 1. The van der Waals surface area contributed by atoms with Gasteiger partial charge in [0.25, 0.3) is 0 Å². The van der Waals surface area contributed by atoms with E-state index < -0.39 is 0 Å². The Labute approximate surface area is 153 Å². The zero-order valence-electron chi connectivity index (χ0n) is 15.0. The van der Waals surface area contributed by atoms with Crippen LogP contribution in [-0.2, 0) is 11.3 Å². The number of nitrogen functional groups attached to an aromatic ring is 1. The predicted octanol–water partition coefficient (Wildman–Crippen LogP) is 2.44. The average Bonchev–Trinajstić information content (AvgIpc) is 2.98. The number of rotatable bonds is 6. The van der Waals surface area contributed by atoms with Crippen molar-refractivity contribution in [3.8, 4) is 6.07 Å². The molecule has 0 unspecified atom stereocenters. The van der Waals surface area contributed by atoms with E-state index in [2.05, 4.69) is 15.9 Å². The van der Waals surface area contributed by atoms with Gasteiger partial charge in [0.05, 0.1) is 12.3 Å². The lowest BCUT2D eigenvalue weighted by molar-refractivity contribution is 0.139. The maximum Gasteiger partial charge on any atom is 0.133 e. The van der Waals surface area contributed by atoms with Crippen molar-refractivity contribution < 1.29 is 9.13 Å². The summed E-state index contributed by atoms with van der Waals surface area (Å²) < 4.78 is 20.5. The van der Waals surface area contributed by atoms with Gasteiger partial charge in [-0.3, -0.25) is 0 Å². The summed E-state index contributed by atoms with van der Waals surface area (Å²) in [6, 6.07) is 10.5. The molecule has 1 aliphatic heterocycles. The number of aromatic nitrogens is 1. The van der Waals surface area contributed by atoms with Gasteiger partial charge in [-0.15, -0.1) is 0 Å². The van der Waals surface area contributed by atoms with Gasteiger partial charge in [-0.25, -0.2) is 4.39 Å². The first-order chi connectivity index (χ1) is 12.6. The molecule has 2 heterocycles. The number of hydrogen-bond acceptors (Lipinski definition) is 5. The van der Waals surface area contributed by atoms with Gasteiger partial charge in [-0.2, -0.15) is 5.26 Å². The largest absolute Gasteiger partial charge is 0.396 e. The lowest BCUT2D eigenvalue weighted by Crippen LogP contribution is -2.47. The Bertz CT molecular complexity index is 772. The molecule has 26 heavy (non-hydrogen) atoms. The van der Waals surface area contributed by atoms with E-state index in [0.29, 0.717) is 31.1 Å². The molecule has 138 valence electrons. The van der Waals surface area contributed by atoms with Gasteiger partial charge >= 0.3 is 0 Å². The number of hydrogen-bond donors (Lipinski definition) is 1. The smallest absolute Gasteiger partial charge is 0.133 e. The van der Waals surface area contributed by atoms with E-state index in [1.807, 2.05) is 11.5 Å². The van der Waals surface area contributed by atoms with E-state index in [9.17, 15) is 9.65 Å². The molecule has 0 saturated carbocycles. The fourth-order valence-corrected chi connectivity index (χ4v) is 3.36. The van der Waals surface area contributed by atoms with Gasteiger partial charge in [-0.1, -0.05) is 0 Å². The van der Waals surface area contributed by atoms with Crippen molar-refractivity contribution in [2.24, 2.45) is 0 Å². The first kappa shape index (κ1) is 18.1. The predicted molar refractivity (Wildman–Crippen MR) is 101 cm³/mol. The summed E-state index contributed by atoms with van der Waals surface area (Å²) in [7, 11) is 0. The number of nitriles is 1. The van der Waals surface area contributed by atoms with E-state index >= 15 is 0 Å². The minimum Gasteiger partial charge on any atom is -0.396 e. The molecule has 1 saturated heterocycles. The van der Waals surface area contributed by atoms with Crippen LogP contribution >= 0.6 is 0 Å². The van der Waals surface area contributed by atoms with Gasteiger partial charge < -0.3 is 24.8 Å². The third kappa shape index (κ3) is 3.75. The minimum atomic E-state index is -0.226. The molecule has 7 heteroatoms. The molecule has 0 amide bonds. The van der Waals surface area contributed by atoms with Crippen molar-refractivity contribution >= 4 is 17.2 Å². The molecule has 2 aromatic rings. The minimum absolute atomic E-state index is 0.226. The number of nitrogens with zero attached hydrogens (tertiary/aromatic N) is 4. The zero-order chi connectivity index (χ0) is 18.5. The monoisotopic (exact) mass is 357 g/mol. The molecule has 1 aliphatic rings. The molecule has 2 N–H and O–H groups in total. The summed E-state index contributed by atoms with van der Waals surface area (Å²) in [5, 5.41) is 9.40. The van der Waals surface area contributed by atoms with Crippen molar-refractivity contribution in [2.45, 2.75) is 13.5 Å². The molecular formula is C19H24FN5O. The molecule has 3 rings (SSSR count). The fraction of sp³-hybridized carbons (Fsp3) is 0.421. The standard InChI is InChI=1S/C19H24FN5O/c1-2-26-12-11-25-17(14-21)13-18(22)19(25)24-9-7-23(8-10-24)16-5-3-15(20)4-6-16/h3-6,13H,2,7-12,22H2,1H3. The third-order valence-electron chi connectivity index (χ3n) is 4.65. The summed E-state index contributed by atoms with van der Waals surface area (Å²) >= 11 is 0. The van der Waals surface area contributed by atoms with E-state index in [1.54, 1.807) is 18.2 Å². The second kappa shape index (κ2) is 8.11. The maximum absolute atomic E-state index is 13.1. The summed E-state index contributed by atoms with van der Waals surface area (Å²) in [5.74, 6) is 0.663. The normalized spacial score (nSPS) is 14.5. The Hall–Kier alpha value is -2.72. The molecule has 1 fully saturated rings. The van der Waals surface area contributed by atoms with Gasteiger partial charge in [-0.05, 0) is 37.3 Å². The molecular weight excluding hydrogens is 333 g/mol. The summed E-state index contributed by atoms with van der Waals surface area (Å²) in [5.41, 5.74) is 8.40. The Morgan fingerprint density at radius 2 is 1.81 bits per heavy atom. The van der Waals surface area contributed by atoms with Crippen molar-refractivity contribution in [3.05, 3.63) is 41.8 Å². The number of anilines is 3. The molecule has 0 atom stereocenters. The Kier molecular flexibility index (Phi) is 5.64. The van der Waals surface area contributed by atoms with Crippen molar-refractivity contribution in [1.29, 1.82) is 5.26 Å². The van der Waals surface area contributed by atoms with Crippen molar-refractivity contribution in [1.82, 2.24) is 4.57 Å². The van der Waals surface area contributed by atoms with Crippen molar-refractivity contribution in [2.75, 3.05) is 54.9 Å². The number of ether oxygens (including phenoxy) is 1. The van der Waals surface area contributed by atoms with Gasteiger partial charge in [0.2, 0.25) is 0 Å². The van der Waals surface area contributed by atoms with Gasteiger partial charge in [0.15, 0.2) is 0 Å². The molecule has 6 nitrogen and oxygen atoms in total. The van der Waals surface area contributed by atoms with Crippen LogP contribution in [0.15, 0.2) is 30.3 Å². The molecule has 0 aliphatic carbocycles. The highest BCUT2D eigenvalue weighted by molar-refractivity contribution is 5.68. The topological polar surface area (TPSA) is 70.4 Å². The van der Waals surface area contributed by atoms with E-state index in [0.717, 1.165) is 37.7 Å². The first-order valence-corrected chi connectivity index (χ1v) is 8.86. The lowest BCUT2D eigenvalue weighted by Gasteiger charge is -2.38. The second-order valence-corrected chi connectivity index (χ2v) is 6.22. The van der Waals surface area contributed by atoms with Crippen LogP contribution in [0.1, 0.15) is 12.6 Å². The van der Waals surface area contributed by atoms with Gasteiger partial charge in [0, 0.05) is 45.0 Å². The van der Waals surface area contributed by atoms with Crippen LogP contribution in [0.3, 0.4) is 0 Å². The summed E-state index contributed by atoms with van der Waals surface area (Å²) in [6.07, 6.45) is 0. The Balaban J connectivity index is 1.73. The van der Waals surface area contributed by atoms with Crippen LogP contribution < -0.4 is 15.5 Å². The highest BCUT2D eigenvalue weighted by Gasteiger charge is 2.23. The molecule has 0 radical (unpaired) electrons. The first-order valence-electron chi connectivity index (χ1n) is 8.86. The van der Waals surface area contributed by atoms with Crippen LogP contribution in [0.4, 0.5) is 21.6 Å². The second-order valence-electron chi connectivity index (χ2n) is 6.22. The highest BCUT2D eigenvalue weighted by atomic mass is 19.1. The Morgan fingerprint density at radius 1 is 1.15 bits per heavy atom. The summed E-state index contributed by atoms with van der Waals surface area (Å²) in [6.45, 7) is 6.92. The molecule has 1 aromatic carbocycles. The SMILES string of the molecule is CCOCCn1c(C#N)cc(N)c1N1CCN(c2ccc(F)cc2)CC1. The summed E-state index contributed by atoms with van der Waals surface area (Å²) in [4.78, 5) is 4.44. The van der Waals surface area contributed by atoms with Crippen LogP contribution in [0.25, 0.3) is 0 Å². The van der Waals surface area contributed by atoms with E-state index in [4.69, 9.17) is 10.5 Å². The number of benzene rings is 1. The van der Waals surface area contributed by atoms with Crippen LogP contribution in [-0.4, -0.2) is 44.0 Å². The highest BCUT2D eigenvalue weighted by Crippen LogP contribution is 2.29. The van der Waals surface area contributed by atoms with E-state index in [1.165, 1.54) is 12.1 Å². The molecule has 0 bridgehead atoms.